The molecule has 1 aromatic heterocycles. The standard InChI is InChI=1S/C25H19N5/c1-30-21-8-3-2-5-17(21)19-11-15(9-10-22(19)30)23-18-7-4-6-16(18)20(12-26)24(29)25(23,13-27)14-28/h2-3,5-6,8-11,18,23H,4,7,29H2,1H3/t18-,23-/m0/s1. The molecule has 0 fully saturated rings. The second kappa shape index (κ2) is 6.24. The Balaban J connectivity index is 1.82. The Morgan fingerprint density at radius 3 is 2.50 bits per heavy atom. The summed E-state index contributed by atoms with van der Waals surface area (Å²) in [6.07, 6.45) is 3.66. The minimum Gasteiger partial charge on any atom is -0.399 e. The molecule has 2 atom stereocenters. The number of nitrogens with zero attached hydrogens (tertiary/aromatic N) is 4. The van der Waals surface area contributed by atoms with Gasteiger partial charge in [-0.2, -0.15) is 15.8 Å². The van der Waals surface area contributed by atoms with E-state index in [1.165, 1.54) is 0 Å². The first-order valence-corrected chi connectivity index (χ1v) is 9.97. The zero-order chi connectivity index (χ0) is 21.0. The fourth-order valence-electron chi connectivity index (χ4n) is 5.45. The van der Waals surface area contributed by atoms with E-state index in [0.717, 1.165) is 45.8 Å². The highest BCUT2D eigenvalue weighted by Crippen LogP contribution is 2.56. The Morgan fingerprint density at radius 1 is 1.03 bits per heavy atom. The van der Waals surface area contributed by atoms with Crippen molar-refractivity contribution < 1.29 is 0 Å². The Bertz CT molecular complexity index is 1400. The van der Waals surface area contributed by atoms with Crippen LogP contribution in [0.5, 0.6) is 0 Å². The van der Waals surface area contributed by atoms with Gasteiger partial charge in [-0.15, -0.1) is 0 Å². The Morgan fingerprint density at radius 2 is 1.77 bits per heavy atom. The maximum absolute atomic E-state index is 10.1. The van der Waals surface area contributed by atoms with Crippen molar-refractivity contribution in [3.8, 4) is 18.2 Å². The summed E-state index contributed by atoms with van der Waals surface area (Å²) in [6, 6.07) is 20.9. The molecule has 3 aromatic rings. The van der Waals surface area contributed by atoms with E-state index in [-0.39, 0.29) is 11.6 Å². The van der Waals surface area contributed by atoms with E-state index < -0.39 is 11.3 Å². The van der Waals surface area contributed by atoms with Gasteiger partial charge in [0.15, 0.2) is 5.41 Å². The quantitative estimate of drug-likeness (QED) is 0.660. The smallest absolute Gasteiger partial charge is 0.191 e. The van der Waals surface area contributed by atoms with Crippen molar-refractivity contribution in [2.45, 2.75) is 18.8 Å². The zero-order valence-corrected chi connectivity index (χ0v) is 16.6. The van der Waals surface area contributed by atoms with Crippen molar-refractivity contribution in [1.29, 1.82) is 15.8 Å². The molecule has 2 N–H and O–H groups in total. The van der Waals surface area contributed by atoms with Crippen LogP contribution in [0.25, 0.3) is 21.8 Å². The molecule has 1 heterocycles. The number of nitrogens with two attached hydrogens (primary N) is 1. The number of allylic oxidation sites excluding steroid dienone is 4. The summed E-state index contributed by atoms with van der Waals surface area (Å²) in [5.74, 6) is -0.486. The number of benzene rings is 2. The minimum absolute atomic E-state index is 0.0707. The number of fused-ring (bicyclic) bond motifs is 4. The van der Waals surface area contributed by atoms with Gasteiger partial charge in [0.2, 0.25) is 0 Å². The predicted octanol–water partition coefficient (Wildman–Crippen LogP) is 4.54. The van der Waals surface area contributed by atoms with Crippen LogP contribution in [0.2, 0.25) is 0 Å². The molecule has 2 aromatic carbocycles. The van der Waals surface area contributed by atoms with Crippen molar-refractivity contribution in [3.63, 3.8) is 0 Å². The van der Waals surface area contributed by atoms with Gasteiger partial charge in [-0.3, -0.25) is 0 Å². The van der Waals surface area contributed by atoms with Crippen LogP contribution in [0, 0.1) is 45.3 Å². The largest absolute Gasteiger partial charge is 0.399 e. The number of hydrogen-bond acceptors (Lipinski definition) is 4. The first kappa shape index (κ1) is 18.0. The van der Waals surface area contributed by atoms with Gasteiger partial charge in [0.1, 0.15) is 6.07 Å². The van der Waals surface area contributed by atoms with Crippen LogP contribution in [0.1, 0.15) is 24.3 Å². The molecule has 2 aliphatic carbocycles. The van der Waals surface area contributed by atoms with E-state index in [9.17, 15) is 15.8 Å². The molecule has 5 heteroatoms. The number of nitriles is 3. The molecule has 0 saturated carbocycles. The average Bonchev–Trinajstić information content (AvgIpc) is 3.36. The van der Waals surface area contributed by atoms with Gasteiger partial charge >= 0.3 is 0 Å². The van der Waals surface area contributed by atoms with E-state index in [0.29, 0.717) is 5.57 Å². The van der Waals surface area contributed by atoms with E-state index in [4.69, 9.17) is 5.73 Å². The topological polar surface area (TPSA) is 102 Å². The number of para-hydroxylation sites is 1. The van der Waals surface area contributed by atoms with E-state index >= 15 is 0 Å². The highest BCUT2D eigenvalue weighted by Gasteiger charge is 2.54. The molecule has 30 heavy (non-hydrogen) atoms. The van der Waals surface area contributed by atoms with Crippen LogP contribution >= 0.6 is 0 Å². The number of rotatable bonds is 1. The highest BCUT2D eigenvalue weighted by atomic mass is 14.9. The molecule has 0 saturated heterocycles. The van der Waals surface area contributed by atoms with Gasteiger partial charge in [0.25, 0.3) is 0 Å². The lowest BCUT2D eigenvalue weighted by Crippen LogP contribution is -2.41. The third-order valence-corrected chi connectivity index (χ3v) is 6.85. The zero-order valence-electron chi connectivity index (χ0n) is 16.6. The van der Waals surface area contributed by atoms with Crippen molar-refractivity contribution in [2.75, 3.05) is 0 Å². The molecule has 144 valence electrons. The summed E-state index contributed by atoms with van der Waals surface area (Å²) < 4.78 is 2.15. The van der Waals surface area contributed by atoms with Crippen molar-refractivity contribution in [2.24, 2.45) is 24.1 Å². The molecule has 0 bridgehead atoms. The van der Waals surface area contributed by atoms with Crippen LogP contribution in [-0.2, 0) is 7.05 Å². The molecule has 0 spiro atoms. The minimum atomic E-state index is -1.56. The fourth-order valence-corrected chi connectivity index (χ4v) is 5.45. The van der Waals surface area contributed by atoms with Crippen molar-refractivity contribution >= 4 is 21.8 Å². The molecule has 0 amide bonds. The number of aryl methyl sites for hydroxylation is 1. The van der Waals surface area contributed by atoms with Gasteiger partial charge in [-0.05, 0) is 48.1 Å². The average molecular weight is 389 g/mol. The lowest BCUT2D eigenvalue weighted by Gasteiger charge is -2.40. The Labute approximate surface area is 174 Å². The van der Waals surface area contributed by atoms with Gasteiger partial charge in [0.05, 0.1) is 23.4 Å². The van der Waals surface area contributed by atoms with Gasteiger partial charge < -0.3 is 10.3 Å². The molecule has 0 aliphatic heterocycles. The van der Waals surface area contributed by atoms with E-state index in [2.05, 4.69) is 47.0 Å². The molecule has 5 rings (SSSR count). The van der Waals surface area contributed by atoms with Gasteiger partial charge in [-0.25, -0.2) is 0 Å². The summed E-state index contributed by atoms with van der Waals surface area (Å²) >= 11 is 0. The van der Waals surface area contributed by atoms with Crippen molar-refractivity contribution in [1.82, 2.24) is 4.57 Å². The maximum atomic E-state index is 10.1. The lowest BCUT2D eigenvalue weighted by molar-refractivity contribution is 0.345. The summed E-state index contributed by atoms with van der Waals surface area (Å²) in [7, 11) is 2.04. The first-order valence-electron chi connectivity index (χ1n) is 9.97. The van der Waals surface area contributed by atoms with Crippen LogP contribution in [0.15, 0.2) is 65.4 Å². The summed E-state index contributed by atoms with van der Waals surface area (Å²) in [4.78, 5) is 0. The number of aromatic nitrogens is 1. The van der Waals surface area contributed by atoms with E-state index in [1.807, 2.05) is 31.3 Å². The number of hydrogen-bond donors (Lipinski definition) is 1. The first-order chi connectivity index (χ1) is 14.6. The lowest BCUT2D eigenvalue weighted by atomic mass is 9.59. The third kappa shape index (κ3) is 2.08. The molecule has 0 radical (unpaired) electrons. The Kier molecular flexibility index (Phi) is 3.76. The maximum Gasteiger partial charge on any atom is 0.191 e. The summed E-state index contributed by atoms with van der Waals surface area (Å²) in [5.41, 5.74) is 9.21. The molecule has 0 unspecified atom stereocenters. The van der Waals surface area contributed by atoms with Crippen molar-refractivity contribution in [3.05, 3.63) is 70.9 Å². The van der Waals surface area contributed by atoms with Gasteiger partial charge in [-0.1, -0.05) is 30.3 Å². The van der Waals surface area contributed by atoms with Crippen LogP contribution in [-0.4, -0.2) is 4.57 Å². The fraction of sp³-hybridized carbons (Fsp3) is 0.240. The normalized spacial score (nSPS) is 22.3. The van der Waals surface area contributed by atoms with Crippen LogP contribution in [0.4, 0.5) is 0 Å². The third-order valence-electron chi connectivity index (χ3n) is 6.85. The molecule has 5 nitrogen and oxygen atoms in total. The summed E-state index contributed by atoms with van der Waals surface area (Å²) in [5, 5.41) is 32.2. The molecular weight excluding hydrogens is 370 g/mol. The molecule has 2 aliphatic rings. The molecular formula is C25H19N5. The highest BCUT2D eigenvalue weighted by molar-refractivity contribution is 6.08. The van der Waals surface area contributed by atoms with E-state index in [1.54, 1.807) is 0 Å². The van der Waals surface area contributed by atoms with Gasteiger partial charge in [0, 0.05) is 34.8 Å². The predicted molar refractivity (Wildman–Crippen MR) is 114 cm³/mol. The van der Waals surface area contributed by atoms with Crippen LogP contribution in [0.3, 0.4) is 0 Å². The van der Waals surface area contributed by atoms with Crippen LogP contribution < -0.4 is 5.73 Å². The second-order valence-corrected chi connectivity index (χ2v) is 8.11. The second-order valence-electron chi connectivity index (χ2n) is 8.11. The monoisotopic (exact) mass is 389 g/mol. The summed E-state index contributed by atoms with van der Waals surface area (Å²) in [6.45, 7) is 0. The SMILES string of the molecule is Cn1c2ccccc2c2cc([C@H]3[C@H]4CCC=C4C(C#N)=C(N)C3(C#N)C#N)ccc21. The Hall–Kier alpha value is -4.01.